The number of allylic oxidation sites excluding steroid dienone is 2. The molecule has 0 aliphatic heterocycles. The maximum atomic E-state index is 13.3. The predicted octanol–water partition coefficient (Wildman–Crippen LogP) is 7.14. The SMILES string of the molecule is FC(F)(F)C(F)(CC=CC(Br)CCC(F)(C(F)(F)F)C(F)(F)F)C(F)(F)F. The van der Waals surface area contributed by atoms with Crippen LogP contribution in [0.2, 0.25) is 0 Å². The van der Waals surface area contributed by atoms with E-state index in [9.17, 15) is 61.5 Å². The van der Waals surface area contributed by atoms with Gasteiger partial charge in [-0.2, -0.15) is 52.7 Å². The Kier molecular flexibility index (Phi) is 7.71. The highest BCUT2D eigenvalue weighted by Crippen LogP contribution is 2.50. The quantitative estimate of drug-likeness (QED) is 0.207. The van der Waals surface area contributed by atoms with Crippen molar-refractivity contribution in [3.05, 3.63) is 12.2 Å². The van der Waals surface area contributed by atoms with Gasteiger partial charge in [-0.15, -0.1) is 0 Å². The number of hydrogen-bond donors (Lipinski definition) is 0. The molecule has 0 nitrogen and oxygen atoms in total. The zero-order chi connectivity index (χ0) is 22.1. The number of halogens is 15. The average Bonchev–Trinajstić information content (AvgIpc) is 2.39. The molecule has 0 saturated heterocycles. The van der Waals surface area contributed by atoms with Crippen LogP contribution < -0.4 is 0 Å². The minimum absolute atomic E-state index is 0.0680. The summed E-state index contributed by atoms with van der Waals surface area (Å²) in [6.45, 7) is 0. The molecule has 27 heavy (non-hydrogen) atoms. The molecule has 1 unspecified atom stereocenters. The zero-order valence-electron chi connectivity index (χ0n) is 12.5. The van der Waals surface area contributed by atoms with Crippen molar-refractivity contribution in [2.45, 2.75) is 60.1 Å². The van der Waals surface area contributed by atoms with E-state index < -0.39 is 60.1 Å². The summed E-state index contributed by atoms with van der Waals surface area (Å²) >= 11 is 2.36. The fourth-order valence-electron chi connectivity index (χ4n) is 1.65. The van der Waals surface area contributed by atoms with Gasteiger partial charge in [-0.3, -0.25) is 0 Å². The van der Waals surface area contributed by atoms with Crippen LogP contribution in [0.15, 0.2) is 12.2 Å². The average molecular weight is 499 g/mol. The van der Waals surface area contributed by atoms with Gasteiger partial charge < -0.3 is 0 Å². The molecule has 0 rings (SSSR count). The largest absolute Gasteiger partial charge is 0.431 e. The Balaban J connectivity index is 5.19. The van der Waals surface area contributed by atoms with Gasteiger partial charge >= 0.3 is 30.4 Å². The molecule has 1 atom stereocenters. The summed E-state index contributed by atoms with van der Waals surface area (Å²) < 4.78 is 174. The topological polar surface area (TPSA) is 0 Å². The first-order valence-electron chi connectivity index (χ1n) is 6.55. The third-order valence-electron chi connectivity index (χ3n) is 3.31. The molecule has 0 fully saturated rings. The van der Waals surface area contributed by atoms with Crippen molar-refractivity contribution < 1.29 is 61.5 Å². The minimum atomic E-state index is -6.38. The molecule has 15 heteroatoms. The van der Waals surface area contributed by atoms with E-state index in [1.807, 2.05) is 0 Å². The van der Waals surface area contributed by atoms with Crippen molar-refractivity contribution in [1.82, 2.24) is 0 Å². The lowest BCUT2D eigenvalue weighted by Crippen LogP contribution is -2.53. The molecular weight excluding hydrogens is 490 g/mol. The highest BCUT2D eigenvalue weighted by molar-refractivity contribution is 9.09. The van der Waals surface area contributed by atoms with Gasteiger partial charge in [0.15, 0.2) is 0 Å². The molecular formula is C12H9BrF14. The minimum Gasteiger partial charge on any atom is -0.224 e. The standard InChI is InChI=1S/C12H9BrF14/c13-6(3-5-8(15,11(22,23)24)12(25,26)27)2-1-4-7(14,9(16,17)18)10(19,20)21/h1-2,6H,3-5H2. The number of hydrogen-bond acceptors (Lipinski definition) is 0. The van der Waals surface area contributed by atoms with E-state index in [4.69, 9.17) is 0 Å². The van der Waals surface area contributed by atoms with Crippen molar-refractivity contribution in [3.63, 3.8) is 0 Å². The van der Waals surface area contributed by atoms with Crippen LogP contribution >= 0.6 is 15.9 Å². The zero-order valence-corrected chi connectivity index (χ0v) is 14.1. The summed E-state index contributed by atoms with van der Waals surface area (Å²) in [5, 5.41) is 0. The van der Waals surface area contributed by atoms with Crippen LogP contribution in [-0.4, -0.2) is 40.9 Å². The molecule has 0 radical (unpaired) electrons. The Morgan fingerprint density at radius 1 is 0.593 bits per heavy atom. The second-order valence-corrected chi connectivity index (χ2v) is 6.46. The van der Waals surface area contributed by atoms with Crippen LogP contribution in [0.5, 0.6) is 0 Å². The highest BCUT2D eigenvalue weighted by Gasteiger charge is 2.72. The van der Waals surface area contributed by atoms with Crippen LogP contribution in [0.25, 0.3) is 0 Å². The van der Waals surface area contributed by atoms with E-state index in [1.165, 1.54) is 0 Å². The summed E-state index contributed by atoms with van der Waals surface area (Å²) in [7, 11) is 0. The first-order valence-corrected chi connectivity index (χ1v) is 7.47. The molecule has 0 heterocycles. The Bertz CT molecular complexity index is 480. The van der Waals surface area contributed by atoms with Gasteiger partial charge in [0.05, 0.1) is 0 Å². The first kappa shape index (κ1) is 26.2. The third kappa shape index (κ3) is 5.86. The monoisotopic (exact) mass is 498 g/mol. The Morgan fingerprint density at radius 3 is 1.22 bits per heavy atom. The molecule has 0 bridgehead atoms. The Labute approximate surface area is 150 Å². The van der Waals surface area contributed by atoms with Gasteiger partial charge in [-0.05, 0) is 6.42 Å². The lowest BCUT2D eigenvalue weighted by Gasteiger charge is -2.30. The fourth-order valence-corrected chi connectivity index (χ4v) is 2.09. The molecule has 0 saturated carbocycles. The van der Waals surface area contributed by atoms with Crippen molar-refractivity contribution in [2.24, 2.45) is 0 Å². The maximum absolute atomic E-state index is 13.3. The van der Waals surface area contributed by atoms with Crippen LogP contribution in [0, 0.1) is 0 Å². The molecule has 0 aromatic carbocycles. The highest BCUT2D eigenvalue weighted by atomic mass is 79.9. The summed E-state index contributed by atoms with van der Waals surface area (Å²) in [4.78, 5) is -1.69. The normalized spacial score (nSPS) is 16.9. The summed E-state index contributed by atoms with van der Waals surface area (Å²) in [6, 6.07) is 0. The maximum Gasteiger partial charge on any atom is 0.431 e. The molecule has 0 amide bonds. The van der Waals surface area contributed by atoms with Gasteiger partial charge in [0.25, 0.3) is 5.67 Å². The van der Waals surface area contributed by atoms with Crippen LogP contribution in [0.3, 0.4) is 0 Å². The van der Waals surface area contributed by atoms with E-state index in [0.717, 1.165) is 0 Å². The first-order chi connectivity index (χ1) is 11.6. The van der Waals surface area contributed by atoms with E-state index in [0.29, 0.717) is 0 Å². The Morgan fingerprint density at radius 2 is 0.926 bits per heavy atom. The van der Waals surface area contributed by atoms with Crippen LogP contribution in [0.1, 0.15) is 19.3 Å². The van der Waals surface area contributed by atoms with Gasteiger partial charge in [-0.1, -0.05) is 28.1 Å². The molecule has 0 aromatic rings. The summed E-state index contributed by atoms with van der Waals surface area (Å²) in [5.41, 5.74) is -11.3. The van der Waals surface area contributed by atoms with Gasteiger partial charge in [0.2, 0.25) is 0 Å². The fraction of sp³-hybridized carbons (Fsp3) is 0.833. The van der Waals surface area contributed by atoms with E-state index in [1.54, 1.807) is 0 Å². The Hall–Kier alpha value is -0.760. The van der Waals surface area contributed by atoms with Crippen molar-refractivity contribution >= 4 is 15.9 Å². The second kappa shape index (κ2) is 7.93. The van der Waals surface area contributed by atoms with Gasteiger partial charge in [0.1, 0.15) is 0 Å². The molecule has 0 aliphatic rings. The summed E-state index contributed by atoms with van der Waals surface area (Å²) in [5.74, 6) is 0. The molecule has 0 aliphatic carbocycles. The van der Waals surface area contributed by atoms with Gasteiger partial charge in [-0.25, -0.2) is 8.78 Å². The number of rotatable bonds is 6. The lowest BCUT2D eigenvalue weighted by atomic mass is 9.96. The van der Waals surface area contributed by atoms with Crippen LogP contribution in [-0.2, 0) is 0 Å². The van der Waals surface area contributed by atoms with Crippen molar-refractivity contribution in [2.75, 3.05) is 0 Å². The number of alkyl halides is 15. The van der Waals surface area contributed by atoms with Gasteiger partial charge in [0, 0.05) is 17.7 Å². The molecule has 162 valence electrons. The van der Waals surface area contributed by atoms with Crippen molar-refractivity contribution in [1.29, 1.82) is 0 Å². The third-order valence-corrected chi connectivity index (χ3v) is 4.07. The predicted molar refractivity (Wildman–Crippen MR) is 67.6 cm³/mol. The van der Waals surface area contributed by atoms with E-state index in [-0.39, 0.29) is 12.2 Å². The van der Waals surface area contributed by atoms with Crippen molar-refractivity contribution in [3.8, 4) is 0 Å². The second-order valence-electron chi connectivity index (χ2n) is 5.28. The lowest BCUT2D eigenvalue weighted by molar-refractivity contribution is -0.343. The molecule has 0 N–H and O–H groups in total. The van der Waals surface area contributed by atoms with Crippen LogP contribution in [0.4, 0.5) is 61.5 Å². The van der Waals surface area contributed by atoms with E-state index >= 15 is 0 Å². The smallest absolute Gasteiger partial charge is 0.224 e. The van der Waals surface area contributed by atoms with E-state index in [2.05, 4.69) is 15.9 Å². The molecule has 0 spiro atoms. The summed E-state index contributed by atoms with van der Waals surface area (Å²) in [6.07, 6.45) is -31.1. The molecule has 0 aromatic heterocycles.